The van der Waals surface area contributed by atoms with E-state index in [1.165, 1.54) is 0 Å². The number of methoxy groups -OCH3 is 3. The molecule has 0 spiro atoms. The first kappa shape index (κ1) is 19.5. The van der Waals surface area contributed by atoms with Gasteiger partial charge in [-0.15, -0.1) is 0 Å². The van der Waals surface area contributed by atoms with Crippen molar-refractivity contribution in [2.45, 2.75) is 13.3 Å². The van der Waals surface area contributed by atoms with Crippen LogP contribution >= 0.6 is 12.2 Å². The van der Waals surface area contributed by atoms with Crippen molar-refractivity contribution in [1.82, 2.24) is 5.43 Å². The van der Waals surface area contributed by atoms with Gasteiger partial charge in [0.1, 0.15) is 5.75 Å². The molecule has 0 saturated heterocycles. The predicted molar refractivity (Wildman–Crippen MR) is 109 cm³/mol. The number of hydrogen-bond acceptors (Lipinski definition) is 5. The number of rotatable bonds is 7. The van der Waals surface area contributed by atoms with Crippen LogP contribution in [0.1, 0.15) is 18.9 Å². The summed E-state index contributed by atoms with van der Waals surface area (Å²) in [5.74, 6) is 2.08. The number of thiocarbonyl (C=S) groups is 1. The maximum atomic E-state index is 5.35. The predicted octanol–water partition coefficient (Wildman–Crippen LogP) is 3.81. The highest BCUT2D eigenvalue weighted by Gasteiger charge is 2.08. The molecule has 0 saturated carbocycles. The summed E-state index contributed by atoms with van der Waals surface area (Å²) in [6.45, 7) is 2.02. The van der Waals surface area contributed by atoms with Crippen molar-refractivity contribution in [3.05, 3.63) is 48.0 Å². The van der Waals surface area contributed by atoms with Gasteiger partial charge in [0.2, 0.25) is 0 Å². The van der Waals surface area contributed by atoms with Crippen LogP contribution in [0.15, 0.2) is 47.6 Å². The maximum Gasteiger partial charge on any atom is 0.191 e. The van der Waals surface area contributed by atoms with Gasteiger partial charge in [-0.05, 0) is 49.0 Å². The average Bonchev–Trinajstić information content (AvgIpc) is 2.68. The van der Waals surface area contributed by atoms with E-state index in [0.29, 0.717) is 16.6 Å². The third kappa shape index (κ3) is 5.10. The summed E-state index contributed by atoms with van der Waals surface area (Å²) in [6, 6.07) is 13.2. The Hall–Kier alpha value is -2.80. The molecule has 0 atom stereocenters. The second-order valence-electron chi connectivity index (χ2n) is 5.28. The monoisotopic (exact) mass is 373 g/mol. The van der Waals surface area contributed by atoms with E-state index in [4.69, 9.17) is 26.4 Å². The number of hydrazone groups is 1. The van der Waals surface area contributed by atoms with Gasteiger partial charge in [0.05, 0.1) is 27.0 Å². The molecule has 0 aliphatic rings. The summed E-state index contributed by atoms with van der Waals surface area (Å²) in [5.41, 5.74) is 5.48. The minimum Gasteiger partial charge on any atom is -0.497 e. The quantitative estimate of drug-likeness (QED) is 0.437. The number of ether oxygens (including phenoxy) is 3. The molecule has 138 valence electrons. The normalized spacial score (nSPS) is 10.8. The van der Waals surface area contributed by atoms with Gasteiger partial charge in [-0.1, -0.05) is 13.0 Å². The second-order valence-corrected chi connectivity index (χ2v) is 5.69. The lowest BCUT2D eigenvalue weighted by atomic mass is 10.1. The second kappa shape index (κ2) is 9.62. The van der Waals surface area contributed by atoms with E-state index in [2.05, 4.69) is 15.8 Å². The minimum absolute atomic E-state index is 0.393. The molecular formula is C19H23N3O3S. The Labute approximate surface area is 159 Å². The molecule has 0 aliphatic carbocycles. The third-order valence-electron chi connectivity index (χ3n) is 3.67. The molecule has 0 aromatic heterocycles. The summed E-state index contributed by atoms with van der Waals surface area (Å²) < 4.78 is 15.8. The molecule has 2 rings (SSSR count). The van der Waals surface area contributed by atoms with Crippen LogP contribution in [0.25, 0.3) is 0 Å². The highest BCUT2D eigenvalue weighted by Crippen LogP contribution is 2.28. The average molecular weight is 373 g/mol. The van der Waals surface area contributed by atoms with Crippen LogP contribution in [0.5, 0.6) is 17.2 Å². The molecule has 7 heteroatoms. The molecule has 2 N–H and O–H groups in total. The fourth-order valence-corrected chi connectivity index (χ4v) is 2.51. The Bertz CT molecular complexity index is 793. The van der Waals surface area contributed by atoms with Crippen molar-refractivity contribution < 1.29 is 14.2 Å². The first-order valence-corrected chi connectivity index (χ1v) is 8.52. The number of nitrogens with zero attached hydrogens (tertiary/aromatic N) is 1. The molecule has 2 aromatic carbocycles. The van der Waals surface area contributed by atoms with E-state index in [-0.39, 0.29) is 0 Å². The molecule has 2 aromatic rings. The first-order chi connectivity index (χ1) is 12.6. The SMILES string of the molecule is CC/C(=N\NC(=S)Nc1cccc(OC)c1)c1ccc(OC)c(OC)c1. The Morgan fingerprint density at radius 1 is 1.00 bits per heavy atom. The number of hydrogen-bond donors (Lipinski definition) is 2. The molecule has 26 heavy (non-hydrogen) atoms. The number of nitrogens with one attached hydrogen (secondary N) is 2. The molecule has 0 fully saturated rings. The Kier molecular flexibility index (Phi) is 7.23. The lowest BCUT2D eigenvalue weighted by molar-refractivity contribution is 0.355. The minimum atomic E-state index is 0.393. The van der Waals surface area contributed by atoms with Crippen molar-refractivity contribution in [3.8, 4) is 17.2 Å². The van der Waals surface area contributed by atoms with Gasteiger partial charge in [-0.2, -0.15) is 5.10 Å². The van der Waals surface area contributed by atoms with E-state index in [9.17, 15) is 0 Å². The summed E-state index contributed by atoms with van der Waals surface area (Å²) in [7, 11) is 4.84. The smallest absolute Gasteiger partial charge is 0.191 e. The van der Waals surface area contributed by atoms with Gasteiger partial charge < -0.3 is 19.5 Å². The van der Waals surface area contributed by atoms with E-state index in [1.807, 2.05) is 49.4 Å². The van der Waals surface area contributed by atoms with Crippen LogP contribution < -0.4 is 25.0 Å². The number of anilines is 1. The van der Waals surface area contributed by atoms with Crippen LogP contribution in [0.3, 0.4) is 0 Å². The summed E-state index contributed by atoms with van der Waals surface area (Å²) in [4.78, 5) is 0. The van der Waals surface area contributed by atoms with E-state index >= 15 is 0 Å². The van der Waals surface area contributed by atoms with Crippen LogP contribution in [0.2, 0.25) is 0 Å². The van der Waals surface area contributed by atoms with Gasteiger partial charge in [-0.25, -0.2) is 0 Å². The zero-order valence-electron chi connectivity index (χ0n) is 15.3. The fourth-order valence-electron chi connectivity index (χ4n) is 2.34. The first-order valence-electron chi connectivity index (χ1n) is 8.11. The largest absolute Gasteiger partial charge is 0.497 e. The summed E-state index contributed by atoms with van der Waals surface area (Å²) in [5, 5.41) is 7.89. The molecule has 6 nitrogen and oxygen atoms in total. The Morgan fingerprint density at radius 3 is 2.42 bits per heavy atom. The standard InChI is InChI=1S/C19H23N3O3S/c1-5-16(13-9-10-17(24-3)18(11-13)25-4)21-22-19(26)20-14-7-6-8-15(12-14)23-2/h6-12H,5H2,1-4H3,(H2,20,22,26)/b21-16+. The van der Waals surface area contributed by atoms with E-state index < -0.39 is 0 Å². The molecule has 0 amide bonds. The van der Waals surface area contributed by atoms with Crippen molar-refractivity contribution in [2.75, 3.05) is 26.6 Å². The topological polar surface area (TPSA) is 64.1 Å². The highest BCUT2D eigenvalue weighted by atomic mass is 32.1. The van der Waals surface area contributed by atoms with Crippen molar-refractivity contribution in [2.24, 2.45) is 5.10 Å². The lowest BCUT2D eigenvalue weighted by Gasteiger charge is -2.12. The zero-order valence-corrected chi connectivity index (χ0v) is 16.1. The van der Waals surface area contributed by atoms with Crippen molar-refractivity contribution in [3.63, 3.8) is 0 Å². The third-order valence-corrected chi connectivity index (χ3v) is 3.87. The van der Waals surface area contributed by atoms with Crippen molar-refractivity contribution in [1.29, 1.82) is 0 Å². The summed E-state index contributed by atoms with van der Waals surface area (Å²) >= 11 is 5.31. The van der Waals surface area contributed by atoms with Gasteiger partial charge in [0, 0.05) is 17.3 Å². The van der Waals surface area contributed by atoms with Crippen LogP contribution in [0.4, 0.5) is 5.69 Å². The number of benzene rings is 2. The Balaban J connectivity index is 2.09. The molecule has 0 bridgehead atoms. The van der Waals surface area contributed by atoms with E-state index in [1.54, 1.807) is 21.3 Å². The van der Waals surface area contributed by atoms with Gasteiger partial charge in [-0.3, -0.25) is 5.43 Å². The highest BCUT2D eigenvalue weighted by molar-refractivity contribution is 7.80. The molecular weight excluding hydrogens is 350 g/mol. The molecule has 0 unspecified atom stereocenters. The van der Waals surface area contributed by atoms with Gasteiger partial charge >= 0.3 is 0 Å². The van der Waals surface area contributed by atoms with E-state index in [0.717, 1.165) is 29.1 Å². The molecule has 0 aliphatic heterocycles. The molecule has 0 heterocycles. The lowest BCUT2D eigenvalue weighted by Crippen LogP contribution is -2.25. The summed E-state index contributed by atoms with van der Waals surface area (Å²) in [6.07, 6.45) is 0.726. The van der Waals surface area contributed by atoms with Crippen molar-refractivity contribution >= 4 is 28.7 Å². The maximum absolute atomic E-state index is 5.35. The van der Waals surface area contributed by atoms with Crippen LogP contribution in [-0.2, 0) is 0 Å². The fraction of sp³-hybridized carbons (Fsp3) is 0.263. The van der Waals surface area contributed by atoms with Crippen LogP contribution in [0, 0.1) is 0 Å². The Morgan fingerprint density at radius 2 is 1.77 bits per heavy atom. The molecule has 0 radical (unpaired) electrons. The van der Waals surface area contributed by atoms with Gasteiger partial charge in [0.15, 0.2) is 16.6 Å². The zero-order chi connectivity index (χ0) is 18.9. The van der Waals surface area contributed by atoms with Crippen LogP contribution in [-0.4, -0.2) is 32.2 Å². The van der Waals surface area contributed by atoms with Gasteiger partial charge in [0.25, 0.3) is 0 Å².